The highest BCUT2D eigenvalue weighted by Crippen LogP contribution is 2.28. The number of hydrogen-bond donors (Lipinski definition) is 1. The normalized spacial score (nSPS) is 15.7. The largest absolute Gasteiger partial charge is 0.374 e. The standard InChI is InChI=1S/C14H18N6O2S/c15-14-17-16-13(23-14)5-6-18-7-9-19(10-8-18)11-3-1-2-4-12(11)20(21)22/h1-4H,5-10H2,(H2,15,17). The summed E-state index contributed by atoms with van der Waals surface area (Å²) >= 11 is 1.42. The Hall–Kier alpha value is -2.26. The monoisotopic (exact) mass is 334 g/mol. The third-order valence-electron chi connectivity index (χ3n) is 3.92. The third-order valence-corrected chi connectivity index (χ3v) is 4.73. The zero-order valence-electron chi connectivity index (χ0n) is 12.6. The van der Waals surface area contributed by atoms with Crippen LogP contribution in [0.25, 0.3) is 0 Å². The molecule has 0 saturated carbocycles. The minimum Gasteiger partial charge on any atom is -0.374 e. The molecule has 0 spiro atoms. The van der Waals surface area contributed by atoms with Crippen LogP contribution in [-0.2, 0) is 6.42 Å². The Labute approximate surface area is 137 Å². The lowest BCUT2D eigenvalue weighted by molar-refractivity contribution is -0.384. The number of aromatic nitrogens is 2. The van der Waals surface area contributed by atoms with Crippen LogP contribution in [0.15, 0.2) is 24.3 Å². The summed E-state index contributed by atoms with van der Waals surface area (Å²) in [5, 5.41) is 20.4. The molecule has 8 nitrogen and oxygen atoms in total. The maximum atomic E-state index is 11.1. The van der Waals surface area contributed by atoms with E-state index in [1.165, 1.54) is 11.3 Å². The molecule has 1 saturated heterocycles. The van der Waals surface area contributed by atoms with Crippen molar-refractivity contribution < 1.29 is 4.92 Å². The van der Waals surface area contributed by atoms with Crippen LogP contribution in [0.4, 0.5) is 16.5 Å². The van der Waals surface area contributed by atoms with Crippen molar-refractivity contribution in [3.63, 3.8) is 0 Å². The molecule has 0 amide bonds. The van der Waals surface area contributed by atoms with Gasteiger partial charge < -0.3 is 10.6 Å². The summed E-state index contributed by atoms with van der Waals surface area (Å²) < 4.78 is 0. The number of nitrogen functional groups attached to an aromatic ring is 1. The van der Waals surface area contributed by atoms with Gasteiger partial charge in [-0.15, -0.1) is 10.2 Å². The van der Waals surface area contributed by atoms with Crippen LogP contribution in [0.2, 0.25) is 0 Å². The molecule has 2 heterocycles. The van der Waals surface area contributed by atoms with Crippen molar-refractivity contribution in [2.24, 2.45) is 0 Å². The smallest absolute Gasteiger partial charge is 0.292 e. The minimum absolute atomic E-state index is 0.172. The maximum Gasteiger partial charge on any atom is 0.292 e. The van der Waals surface area contributed by atoms with Gasteiger partial charge in [-0.3, -0.25) is 15.0 Å². The van der Waals surface area contributed by atoms with Crippen LogP contribution in [0, 0.1) is 10.1 Å². The predicted octanol–water partition coefficient (Wildman–Crippen LogP) is 1.39. The average Bonchev–Trinajstić information content (AvgIpc) is 2.99. The summed E-state index contributed by atoms with van der Waals surface area (Å²) in [7, 11) is 0. The van der Waals surface area contributed by atoms with Gasteiger partial charge in [0.2, 0.25) is 5.13 Å². The predicted molar refractivity (Wildman–Crippen MR) is 89.8 cm³/mol. The summed E-state index contributed by atoms with van der Waals surface area (Å²) in [6.45, 7) is 4.21. The van der Waals surface area contributed by atoms with Crippen LogP contribution in [0.3, 0.4) is 0 Å². The zero-order valence-corrected chi connectivity index (χ0v) is 13.4. The number of nitrogens with two attached hydrogens (primary N) is 1. The minimum atomic E-state index is -0.318. The van der Waals surface area contributed by atoms with Crippen molar-refractivity contribution in [2.75, 3.05) is 43.4 Å². The fourth-order valence-electron chi connectivity index (χ4n) is 2.72. The molecule has 0 radical (unpaired) electrons. The van der Waals surface area contributed by atoms with Crippen molar-refractivity contribution in [1.29, 1.82) is 0 Å². The summed E-state index contributed by atoms with van der Waals surface area (Å²) in [5.41, 5.74) is 6.45. The molecular weight excluding hydrogens is 316 g/mol. The number of nitro groups is 1. The topological polar surface area (TPSA) is 101 Å². The summed E-state index contributed by atoms with van der Waals surface area (Å²) in [6.07, 6.45) is 0.834. The summed E-state index contributed by atoms with van der Waals surface area (Å²) in [4.78, 5) is 15.2. The molecule has 0 atom stereocenters. The van der Waals surface area contributed by atoms with Crippen molar-refractivity contribution in [3.8, 4) is 0 Å². The van der Waals surface area contributed by atoms with Gasteiger partial charge in [0.25, 0.3) is 5.69 Å². The van der Waals surface area contributed by atoms with E-state index in [-0.39, 0.29) is 10.6 Å². The average molecular weight is 334 g/mol. The van der Waals surface area contributed by atoms with E-state index in [1.54, 1.807) is 12.1 Å². The first-order valence-electron chi connectivity index (χ1n) is 7.42. The van der Waals surface area contributed by atoms with Gasteiger partial charge in [0, 0.05) is 45.2 Å². The van der Waals surface area contributed by atoms with Crippen molar-refractivity contribution >= 4 is 27.8 Å². The Bertz CT molecular complexity index is 683. The molecule has 1 aliphatic rings. The second kappa shape index (κ2) is 6.88. The van der Waals surface area contributed by atoms with E-state index >= 15 is 0 Å². The highest BCUT2D eigenvalue weighted by Gasteiger charge is 2.23. The lowest BCUT2D eigenvalue weighted by Crippen LogP contribution is -2.47. The quantitative estimate of drug-likeness (QED) is 0.651. The molecule has 23 heavy (non-hydrogen) atoms. The molecule has 0 aliphatic carbocycles. The lowest BCUT2D eigenvalue weighted by Gasteiger charge is -2.35. The van der Waals surface area contributed by atoms with Gasteiger partial charge in [-0.2, -0.15) is 0 Å². The highest BCUT2D eigenvalue weighted by molar-refractivity contribution is 7.15. The van der Waals surface area contributed by atoms with Gasteiger partial charge in [0.05, 0.1) is 4.92 Å². The maximum absolute atomic E-state index is 11.1. The SMILES string of the molecule is Nc1nnc(CCN2CCN(c3ccccc3[N+](=O)[O-])CC2)s1. The Balaban J connectivity index is 1.55. The molecule has 1 fully saturated rings. The molecule has 1 aromatic heterocycles. The van der Waals surface area contributed by atoms with Crippen molar-refractivity contribution in [3.05, 3.63) is 39.4 Å². The number of hydrogen-bond acceptors (Lipinski definition) is 8. The number of nitro benzene ring substituents is 1. The fraction of sp³-hybridized carbons (Fsp3) is 0.429. The van der Waals surface area contributed by atoms with Gasteiger partial charge in [-0.25, -0.2) is 0 Å². The van der Waals surface area contributed by atoms with E-state index in [0.717, 1.165) is 44.2 Å². The van der Waals surface area contributed by atoms with Gasteiger partial charge >= 0.3 is 0 Å². The number of benzene rings is 1. The highest BCUT2D eigenvalue weighted by atomic mass is 32.1. The Kier molecular flexibility index (Phi) is 4.68. The van der Waals surface area contributed by atoms with Crippen molar-refractivity contribution in [1.82, 2.24) is 15.1 Å². The number of para-hydroxylation sites is 2. The van der Waals surface area contributed by atoms with E-state index in [2.05, 4.69) is 20.0 Å². The molecule has 122 valence electrons. The van der Waals surface area contributed by atoms with Gasteiger partial charge in [-0.1, -0.05) is 23.5 Å². The molecule has 9 heteroatoms. The summed E-state index contributed by atoms with van der Waals surface area (Å²) in [6, 6.07) is 6.92. The van der Waals surface area contributed by atoms with E-state index in [4.69, 9.17) is 5.73 Å². The first kappa shape index (κ1) is 15.6. The van der Waals surface area contributed by atoms with E-state index in [1.807, 2.05) is 12.1 Å². The number of piperazine rings is 1. The van der Waals surface area contributed by atoms with Crippen LogP contribution in [-0.4, -0.2) is 52.7 Å². The van der Waals surface area contributed by atoms with Crippen LogP contribution >= 0.6 is 11.3 Å². The second-order valence-electron chi connectivity index (χ2n) is 5.36. The van der Waals surface area contributed by atoms with Gasteiger partial charge in [0.1, 0.15) is 10.7 Å². The molecule has 1 aromatic carbocycles. The van der Waals surface area contributed by atoms with Crippen molar-refractivity contribution in [2.45, 2.75) is 6.42 Å². The number of nitrogens with zero attached hydrogens (tertiary/aromatic N) is 5. The van der Waals surface area contributed by atoms with Crippen LogP contribution in [0.1, 0.15) is 5.01 Å². The molecule has 0 bridgehead atoms. The van der Waals surface area contributed by atoms with Crippen LogP contribution < -0.4 is 10.6 Å². The zero-order chi connectivity index (χ0) is 16.2. The van der Waals surface area contributed by atoms with Gasteiger partial charge in [-0.05, 0) is 6.07 Å². The number of rotatable bonds is 5. The Morgan fingerprint density at radius 1 is 1.22 bits per heavy atom. The number of anilines is 2. The Morgan fingerprint density at radius 3 is 2.61 bits per heavy atom. The third kappa shape index (κ3) is 3.74. The van der Waals surface area contributed by atoms with Crippen LogP contribution in [0.5, 0.6) is 0 Å². The molecule has 0 unspecified atom stereocenters. The molecule has 3 rings (SSSR count). The molecule has 2 aromatic rings. The molecular formula is C14H18N6O2S. The van der Waals surface area contributed by atoms with Gasteiger partial charge in [0.15, 0.2) is 0 Å². The fourth-order valence-corrected chi connectivity index (χ4v) is 3.32. The van der Waals surface area contributed by atoms with E-state index < -0.39 is 0 Å². The Morgan fingerprint density at radius 2 is 1.96 bits per heavy atom. The molecule has 2 N–H and O–H groups in total. The van der Waals surface area contributed by atoms with E-state index in [9.17, 15) is 10.1 Å². The first-order chi connectivity index (χ1) is 11.1. The van der Waals surface area contributed by atoms with E-state index in [0.29, 0.717) is 10.8 Å². The second-order valence-corrected chi connectivity index (χ2v) is 6.45. The summed E-state index contributed by atoms with van der Waals surface area (Å²) in [5.74, 6) is 0. The lowest BCUT2D eigenvalue weighted by atomic mass is 10.2. The first-order valence-corrected chi connectivity index (χ1v) is 8.24. The molecule has 1 aliphatic heterocycles.